The Morgan fingerprint density at radius 2 is 2.27 bits per heavy atom. The Kier molecular flexibility index (Phi) is 2.52. The summed E-state index contributed by atoms with van der Waals surface area (Å²) >= 11 is 0. The number of aliphatic hydroxyl groups excluding tert-OH is 1. The predicted octanol–water partition coefficient (Wildman–Crippen LogP) is -0.176. The predicted molar refractivity (Wildman–Crippen MR) is 43.4 cm³/mol. The number of likely N-dealkylation sites (tertiary alicyclic amines) is 1. The molecule has 3 heteroatoms. The van der Waals surface area contributed by atoms with E-state index in [9.17, 15) is 5.11 Å². The first kappa shape index (κ1) is 8.97. The molecular weight excluding hydrogens is 142 g/mol. The fourth-order valence-electron chi connectivity index (χ4n) is 1.78. The standard InChI is InChI=1S/C8H17NO2/c1-7-5-8(11,3-4-10)6-9(7)2/h7,10-11H,3-6H2,1-2H3. The molecule has 1 fully saturated rings. The second-order valence-corrected chi connectivity index (χ2v) is 3.67. The average Bonchev–Trinajstić information content (AvgIpc) is 2.08. The van der Waals surface area contributed by atoms with Gasteiger partial charge in [0.2, 0.25) is 0 Å². The molecule has 0 aliphatic carbocycles. The van der Waals surface area contributed by atoms with Crippen molar-refractivity contribution in [1.82, 2.24) is 4.90 Å². The summed E-state index contributed by atoms with van der Waals surface area (Å²) in [7, 11) is 2.00. The molecule has 0 spiro atoms. The Hall–Kier alpha value is -0.120. The summed E-state index contributed by atoms with van der Waals surface area (Å²) < 4.78 is 0. The van der Waals surface area contributed by atoms with Crippen LogP contribution in [0, 0.1) is 0 Å². The minimum absolute atomic E-state index is 0.0804. The molecule has 3 nitrogen and oxygen atoms in total. The molecule has 1 aliphatic rings. The lowest BCUT2D eigenvalue weighted by Gasteiger charge is -2.20. The van der Waals surface area contributed by atoms with Gasteiger partial charge in [-0.15, -0.1) is 0 Å². The largest absolute Gasteiger partial charge is 0.396 e. The van der Waals surface area contributed by atoms with Crippen molar-refractivity contribution in [2.45, 2.75) is 31.4 Å². The molecule has 0 aromatic rings. The van der Waals surface area contributed by atoms with Crippen LogP contribution in [-0.4, -0.2) is 47.0 Å². The van der Waals surface area contributed by atoms with Crippen molar-refractivity contribution in [3.8, 4) is 0 Å². The number of nitrogens with zero attached hydrogens (tertiary/aromatic N) is 1. The van der Waals surface area contributed by atoms with Crippen molar-refractivity contribution in [2.75, 3.05) is 20.2 Å². The van der Waals surface area contributed by atoms with Gasteiger partial charge in [-0.3, -0.25) is 0 Å². The molecule has 1 aliphatic heterocycles. The molecule has 11 heavy (non-hydrogen) atoms. The van der Waals surface area contributed by atoms with Crippen molar-refractivity contribution >= 4 is 0 Å². The molecule has 66 valence electrons. The summed E-state index contributed by atoms with van der Waals surface area (Å²) in [6.07, 6.45) is 1.28. The summed E-state index contributed by atoms with van der Waals surface area (Å²) in [4.78, 5) is 2.12. The zero-order valence-corrected chi connectivity index (χ0v) is 7.25. The lowest BCUT2D eigenvalue weighted by Crippen LogP contribution is -2.32. The summed E-state index contributed by atoms with van der Waals surface area (Å²) in [5.41, 5.74) is -0.636. The highest BCUT2D eigenvalue weighted by molar-refractivity contribution is 4.92. The highest BCUT2D eigenvalue weighted by atomic mass is 16.3. The number of hydrogen-bond donors (Lipinski definition) is 2. The van der Waals surface area contributed by atoms with Gasteiger partial charge in [0.05, 0.1) is 5.60 Å². The smallest absolute Gasteiger partial charge is 0.0810 e. The molecule has 2 N–H and O–H groups in total. The highest BCUT2D eigenvalue weighted by Crippen LogP contribution is 2.27. The first-order chi connectivity index (χ1) is 5.07. The lowest BCUT2D eigenvalue weighted by molar-refractivity contribution is 0.0264. The van der Waals surface area contributed by atoms with Gasteiger partial charge in [-0.2, -0.15) is 0 Å². The maximum Gasteiger partial charge on any atom is 0.0810 e. The lowest BCUT2D eigenvalue weighted by atomic mass is 9.97. The van der Waals surface area contributed by atoms with E-state index in [0.29, 0.717) is 19.0 Å². The van der Waals surface area contributed by atoms with Gasteiger partial charge in [0.25, 0.3) is 0 Å². The summed E-state index contributed by atoms with van der Waals surface area (Å²) in [6.45, 7) is 2.86. The maximum absolute atomic E-state index is 9.83. The normalized spacial score (nSPS) is 39.8. The topological polar surface area (TPSA) is 43.7 Å². The highest BCUT2D eigenvalue weighted by Gasteiger charge is 2.37. The molecule has 1 saturated heterocycles. The van der Waals surface area contributed by atoms with Crippen LogP contribution in [0.3, 0.4) is 0 Å². The zero-order valence-electron chi connectivity index (χ0n) is 7.25. The average molecular weight is 159 g/mol. The quantitative estimate of drug-likeness (QED) is 0.587. The van der Waals surface area contributed by atoms with Crippen molar-refractivity contribution in [2.24, 2.45) is 0 Å². The summed E-state index contributed by atoms with van der Waals surface area (Å²) in [5.74, 6) is 0. The van der Waals surface area contributed by atoms with Gasteiger partial charge in [0.1, 0.15) is 0 Å². The van der Waals surface area contributed by atoms with E-state index < -0.39 is 5.60 Å². The van der Waals surface area contributed by atoms with Crippen LogP contribution in [0.1, 0.15) is 19.8 Å². The van der Waals surface area contributed by atoms with Crippen molar-refractivity contribution in [3.63, 3.8) is 0 Å². The number of hydrogen-bond acceptors (Lipinski definition) is 3. The number of rotatable bonds is 2. The molecule has 0 amide bonds. The zero-order chi connectivity index (χ0) is 8.48. The van der Waals surface area contributed by atoms with Crippen LogP contribution in [0.2, 0.25) is 0 Å². The van der Waals surface area contributed by atoms with Crippen LogP contribution in [0.4, 0.5) is 0 Å². The first-order valence-electron chi connectivity index (χ1n) is 4.11. The van der Waals surface area contributed by atoms with E-state index in [1.165, 1.54) is 0 Å². The fraction of sp³-hybridized carbons (Fsp3) is 1.00. The van der Waals surface area contributed by atoms with Crippen LogP contribution in [0.5, 0.6) is 0 Å². The van der Waals surface area contributed by atoms with Crippen molar-refractivity contribution in [3.05, 3.63) is 0 Å². The molecule has 0 saturated carbocycles. The minimum atomic E-state index is -0.636. The van der Waals surface area contributed by atoms with Gasteiger partial charge in [0.15, 0.2) is 0 Å². The molecule has 0 aromatic carbocycles. The fourth-order valence-corrected chi connectivity index (χ4v) is 1.78. The third kappa shape index (κ3) is 1.92. The minimum Gasteiger partial charge on any atom is -0.396 e. The van der Waals surface area contributed by atoms with E-state index in [1.807, 2.05) is 7.05 Å². The first-order valence-corrected chi connectivity index (χ1v) is 4.11. The van der Waals surface area contributed by atoms with E-state index in [-0.39, 0.29) is 6.61 Å². The van der Waals surface area contributed by atoms with Crippen LogP contribution in [-0.2, 0) is 0 Å². The van der Waals surface area contributed by atoms with Gasteiger partial charge in [0, 0.05) is 25.6 Å². The Morgan fingerprint density at radius 1 is 1.64 bits per heavy atom. The third-order valence-corrected chi connectivity index (χ3v) is 2.55. The van der Waals surface area contributed by atoms with Gasteiger partial charge in [-0.05, 0) is 20.4 Å². The van der Waals surface area contributed by atoms with E-state index in [4.69, 9.17) is 5.11 Å². The summed E-state index contributed by atoms with van der Waals surface area (Å²) in [6, 6.07) is 0.437. The van der Waals surface area contributed by atoms with Crippen LogP contribution in [0.25, 0.3) is 0 Å². The second-order valence-electron chi connectivity index (χ2n) is 3.67. The van der Waals surface area contributed by atoms with E-state index in [2.05, 4.69) is 11.8 Å². The van der Waals surface area contributed by atoms with Crippen molar-refractivity contribution < 1.29 is 10.2 Å². The van der Waals surface area contributed by atoms with Crippen molar-refractivity contribution in [1.29, 1.82) is 0 Å². The number of β-amino-alcohol motifs (C(OH)–C–C–N with tert-alkyl or cyclic N) is 1. The molecule has 0 radical (unpaired) electrons. The van der Waals surface area contributed by atoms with Crippen LogP contribution in [0.15, 0.2) is 0 Å². The SMILES string of the molecule is CC1CC(O)(CCO)CN1C. The Balaban J connectivity index is 2.49. The molecule has 0 bridgehead atoms. The second kappa shape index (κ2) is 3.09. The maximum atomic E-state index is 9.83. The molecule has 2 unspecified atom stereocenters. The number of aliphatic hydroxyl groups is 2. The number of likely N-dealkylation sites (N-methyl/N-ethyl adjacent to an activating group) is 1. The summed E-state index contributed by atoms with van der Waals surface area (Å²) in [5, 5.41) is 18.5. The van der Waals surface area contributed by atoms with Crippen LogP contribution >= 0.6 is 0 Å². The van der Waals surface area contributed by atoms with E-state index in [1.54, 1.807) is 0 Å². The van der Waals surface area contributed by atoms with Crippen LogP contribution < -0.4 is 0 Å². The molecule has 1 heterocycles. The van der Waals surface area contributed by atoms with Gasteiger partial charge < -0.3 is 15.1 Å². The van der Waals surface area contributed by atoms with Gasteiger partial charge in [-0.1, -0.05) is 0 Å². The van der Waals surface area contributed by atoms with E-state index >= 15 is 0 Å². The molecule has 0 aromatic heterocycles. The molecular formula is C8H17NO2. The molecule has 2 atom stereocenters. The van der Waals surface area contributed by atoms with E-state index in [0.717, 1.165) is 6.42 Å². The van der Waals surface area contributed by atoms with Gasteiger partial charge >= 0.3 is 0 Å². The Labute approximate surface area is 67.6 Å². The van der Waals surface area contributed by atoms with Gasteiger partial charge in [-0.25, -0.2) is 0 Å². The Morgan fingerprint density at radius 3 is 2.64 bits per heavy atom. The Bertz CT molecular complexity index is 128. The monoisotopic (exact) mass is 159 g/mol. The molecule has 1 rings (SSSR count). The third-order valence-electron chi connectivity index (χ3n) is 2.55.